The van der Waals surface area contributed by atoms with Gasteiger partial charge in [0.05, 0.1) is 5.52 Å². The van der Waals surface area contributed by atoms with Gasteiger partial charge in [-0.15, -0.1) is 0 Å². The van der Waals surface area contributed by atoms with Crippen LogP contribution in [-0.2, 0) is 9.53 Å². The van der Waals surface area contributed by atoms with Crippen molar-refractivity contribution in [1.82, 2.24) is 9.88 Å². The van der Waals surface area contributed by atoms with E-state index in [1.54, 1.807) is 0 Å². The number of nitrogens with zero attached hydrogens (tertiary/aromatic N) is 2. The SMILES string of the molecule is O=C([C@H]1CCCO1)N1CCC(C(F)c2ccc(-c3cnc4ccccc4c3)cc2)CC1. The predicted molar refractivity (Wildman–Crippen MR) is 119 cm³/mol. The van der Waals surface area contributed by atoms with Gasteiger partial charge in [-0.1, -0.05) is 42.5 Å². The first-order valence-electron chi connectivity index (χ1n) is 11.2. The number of halogens is 1. The van der Waals surface area contributed by atoms with Crippen molar-refractivity contribution in [3.63, 3.8) is 0 Å². The van der Waals surface area contributed by atoms with Gasteiger partial charge in [0, 0.05) is 36.8 Å². The van der Waals surface area contributed by atoms with Crippen LogP contribution in [0, 0.1) is 5.92 Å². The zero-order chi connectivity index (χ0) is 21.2. The lowest BCUT2D eigenvalue weighted by Gasteiger charge is -2.34. The fraction of sp³-hybridized carbons (Fsp3) is 0.385. The molecule has 1 unspecified atom stereocenters. The highest BCUT2D eigenvalue weighted by molar-refractivity contribution is 5.83. The molecule has 1 amide bonds. The molecule has 3 aromatic rings. The van der Waals surface area contributed by atoms with Gasteiger partial charge in [0.2, 0.25) is 0 Å². The third-order valence-electron chi connectivity index (χ3n) is 6.62. The number of aromatic nitrogens is 1. The van der Waals surface area contributed by atoms with Crippen LogP contribution in [0.2, 0.25) is 0 Å². The number of ether oxygens (including phenoxy) is 1. The van der Waals surface area contributed by atoms with Crippen molar-refractivity contribution >= 4 is 16.8 Å². The Morgan fingerprint density at radius 1 is 1.03 bits per heavy atom. The standard InChI is InChI=1S/C26H27FN2O2/c27-25(20-11-13-29(14-12-20)26(30)24-6-3-15-31-24)19-9-7-18(8-10-19)22-16-21-4-1-2-5-23(21)28-17-22/h1-2,4-5,7-10,16-17,20,24-25H,3,6,11-15H2/t24-,25?/m1/s1. The number of alkyl halides is 1. The summed E-state index contributed by atoms with van der Waals surface area (Å²) in [4.78, 5) is 18.9. The number of carbonyl (C=O) groups excluding carboxylic acids is 1. The number of amides is 1. The molecule has 5 heteroatoms. The minimum absolute atomic E-state index is 0.0540. The normalized spacial score (nSPS) is 20.8. The Morgan fingerprint density at radius 3 is 2.55 bits per heavy atom. The molecule has 5 rings (SSSR count). The van der Waals surface area contributed by atoms with E-state index in [1.165, 1.54) is 0 Å². The van der Waals surface area contributed by atoms with Crippen LogP contribution < -0.4 is 0 Å². The Hall–Kier alpha value is -2.79. The molecule has 31 heavy (non-hydrogen) atoms. The van der Waals surface area contributed by atoms with Crippen molar-refractivity contribution < 1.29 is 13.9 Å². The number of pyridine rings is 1. The molecule has 1 aromatic heterocycles. The molecular weight excluding hydrogens is 391 g/mol. The molecule has 0 radical (unpaired) electrons. The minimum atomic E-state index is -1.01. The van der Waals surface area contributed by atoms with Crippen LogP contribution in [-0.4, -0.2) is 41.6 Å². The number of likely N-dealkylation sites (tertiary alicyclic amines) is 1. The summed E-state index contributed by atoms with van der Waals surface area (Å²) in [6, 6.07) is 17.9. The quantitative estimate of drug-likeness (QED) is 0.575. The first-order chi connectivity index (χ1) is 15.2. The van der Waals surface area contributed by atoms with Crippen LogP contribution in [0.3, 0.4) is 0 Å². The molecule has 0 bridgehead atoms. The molecule has 0 saturated carbocycles. The van der Waals surface area contributed by atoms with Gasteiger partial charge in [-0.25, -0.2) is 4.39 Å². The number of benzene rings is 2. The van der Waals surface area contributed by atoms with E-state index >= 15 is 4.39 Å². The number of rotatable bonds is 4. The molecule has 160 valence electrons. The summed E-state index contributed by atoms with van der Waals surface area (Å²) in [6.07, 6.45) is 3.71. The van der Waals surface area contributed by atoms with Gasteiger partial charge in [-0.05, 0) is 54.9 Å². The smallest absolute Gasteiger partial charge is 0.251 e. The van der Waals surface area contributed by atoms with Gasteiger partial charge >= 0.3 is 0 Å². The predicted octanol–water partition coefficient (Wildman–Crippen LogP) is 5.33. The summed E-state index contributed by atoms with van der Waals surface area (Å²) in [6.45, 7) is 1.90. The van der Waals surface area contributed by atoms with E-state index in [0.29, 0.717) is 38.1 Å². The highest BCUT2D eigenvalue weighted by atomic mass is 19.1. The molecular formula is C26H27FN2O2. The summed E-state index contributed by atoms with van der Waals surface area (Å²) in [7, 11) is 0. The second kappa shape index (κ2) is 8.75. The van der Waals surface area contributed by atoms with Crippen LogP contribution in [0.5, 0.6) is 0 Å². The summed E-state index contributed by atoms with van der Waals surface area (Å²) in [5.41, 5.74) is 3.74. The van der Waals surface area contributed by atoms with E-state index in [9.17, 15) is 4.79 Å². The van der Waals surface area contributed by atoms with E-state index in [0.717, 1.165) is 34.9 Å². The summed E-state index contributed by atoms with van der Waals surface area (Å²) in [5, 5.41) is 1.09. The maximum Gasteiger partial charge on any atom is 0.251 e. The van der Waals surface area contributed by atoms with Gasteiger partial charge in [-0.2, -0.15) is 0 Å². The van der Waals surface area contributed by atoms with E-state index in [1.807, 2.05) is 59.6 Å². The lowest BCUT2D eigenvalue weighted by Crippen LogP contribution is -2.44. The van der Waals surface area contributed by atoms with Crippen molar-refractivity contribution in [1.29, 1.82) is 0 Å². The Balaban J connectivity index is 1.23. The molecule has 4 nitrogen and oxygen atoms in total. The van der Waals surface area contributed by atoms with Gasteiger partial charge < -0.3 is 9.64 Å². The number of piperidine rings is 1. The maximum absolute atomic E-state index is 15.3. The first-order valence-corrected chi connectivity index (χ1v) is 11.2. The van der Waals surface area contributed by atoms with E-state index in [-0.39, 0.29) is 17.9 Å². The Morgan fingerprint density at radius 2 is 1.81 bits per heavy atom. The molecule has 2 fully saturated rings. The zero-order valence-corrected chi connectivity index (χ0v) is 17.5. The highest BCUT2D eigenvalue weighted by Crippen LogP contribution is 2.35. The summed E-state index contributed by atoms with van der Waals surface area (Å²) < 4.78 is 20.8. The Kier molecular flexibility index (Phi) is 5.68. The first kappa shape index (κ1) is 20.1. The largest absolute Gasteiger partial charge is 0.368 e. The lowest BCUT2D eigenvalue weighted by atomic mass is 9.87. The van der Waals surface area contributed by atoms with Crippen LogP contribution >= 0.6 is 0 Å². The molecule has 2 aliphatic heterocycles. The maximum atomic E-state index is 15.3. The molecule has 0 N–H and O–H groups in total. The number of hydrogen-bond acceptors (Lipinski definition) is 3. The van der Waals surface area contributed by atoms with Gasteiger partial charge in [-0.3, -0.25) is 9.78 Å². The monoisotopic (exact) mass is 418 g/mol. The van der Waals surface area contributed by atoms with E-state index in [2.05, 4.69) is 11.1 Å². The second-order valence-electron chi connectivity index (χ2n) is 8.60. The highest BCUT2D eigenvalue weighted by Gasteiger charge is 2.33. The van der Waals surface area contributed by atoms with Crippen LogP contribution in [0.1, 0.15) is 37.4 Å². The molecule has 0 spiro atoms. The number of para-hydroxylation sites is 1. The molecule has 2 saturated heterocycles. The Labute approximate surface area is 182 Å². The number of carbonyl (C=O) groups is 1. The average Bonchev–Trinajstić information content (AvgIpc) is 3.38. The molecule has 3 heterocycles. The van der Waals surface area contributed by atoms with E-state index < -0.39 is 6.17 Å². The molecule has 2 aliphatic rings. The number of hydrogen-bond donors (Lipinski definition) is 0. The van der Waals surface area contributed by atoms with Crippen molar-refractivity contribution in [3.8, 4) is 11.1 Å². The van der Waals surface area contributed by atoms with Crippen molar-refractivity contribution in [2.45, 2.75) is 38.0 Å². The molecule has 2 aromatic carbocycles. The van der Waals surface area contributed by atoms with Crippen LogP contribution in [0.15, 0.2) is 60.8 Å². The summed E-state index contributed by atoms with van der Waals surface area (Å²) >= 11 is 0. The molecule has 2 atom stereocenters. The van der Waals surface area contributed by atoms with Gasteiger partial charge in [0.25, 0.3) is 5.91 Å². The number of fused-ring (bicyclic) bond motifs is 1. The fourth-order valence-electron chi connectivity index (χ4n) is 4.75. The second-order valence-corrected chi connectivity index (χ2v) is 8.60. The van der Waals surface area contributed by atoms with Crippen molar-refractivity contribution in [3.05, 3.63) is 66.4 Å². The van der Waals surface area contributed by atoms with Crippen LogP contribution in [0.4, 0.5) is 4.39 Å². The third kappa shape index (κ3) is 4.19. The molecule has 0 aliphatic carbocycles. The average molecular weight is 419 g/mol. The zero-order valence-electron chi connectivity index (χ0n) is 17.5. The lowest BCUT2D eigenvalue weighted by molar-refractivity contribution is -0.142. The van der Waals surface area contributed by atoms with Gasteiger partial charge in [0.15, 0.2) is 0 Å². The van der Waals surface area contributed by atoms with Crippen molar-refractivity contribution in [2.24, 2.45) is 5.92 Å². The van der Waals surface area contributed by atoms with Crippen molar-refractivity contribution in [2.75, 3.05) is 19.7 Å². The van der Waals surface area contributed by atoms with E-state index in [4.69, 9.17) is 4.74 Å². The van der Waals surface area contributed by atoms with Crippen LogP contribution in [0.25, 0.3) is 22.0 Å². The Bertz CT molecular complexity index is 1050. The fourth-order valence-corrected chi connectivity index (χ4v) is 4.75. The minimum Gasteiger partial charge on any atom is -0.368 e. The topological polar surface area (TPSA) is 42.4 Å². The third-order valence-corrected chi connectivity index (χ3v) is 6.62. The van der Waals surface area contributed by atoms with Gasteiger partial charge in [0.1, 0.15) is 12.3 Å². The summed E-state index contributed by atoms with van der Waals surface area (Å²) in [5.74, 6) is 0.0291.